The number of rotatable bonds is 6. The van der Waals surface area contributed by atoms with Gasteiger partial charge in [-0.1, -0.05) is 17.7 Å². The fraction of sp³-hybridized carbons (Fsp3) is 0.231. The molecule has 1 heterocycles. The predicted molar refractivity (Wildman–Crippen MR) is 82.7 cm³/mol. The number of hydrogen-bond acceptors (Lipinski definition) is 7. The highest BCUT2D eigenvalue weighted by molar-refractivity contribution is 7.89. The lowest BCUT2D eigenvalue weighted by molar-refractivity contribution is 0.328. The number of sulfonamides is 1. The van der Waals surface area contributed by atoms with Gasteiger partial charge >= 0.3 is 0 Å². The number of nitrogens with zero attached hydrogens (tertiary/aromatic N) is 2. The van der Waals surface area contributed by atoms with Crippen molar-refractivity contribution in [2.24, 2.45) is 0 Å². The van der Waals surface area contributed by atoms with Crippen molar-refractivity contribution in [3.05, 3.63) is 36.2 Å². The lowest BCUT2D eigenvalue weighted by atomic mass is 10.2. The second-order valence-corrected chi connectivity index (χ2v) is 6.10. The zero-order valence-electron chi connectivity index (χ0n) is 12.2. The first kappa shape index (κ1) is 16.0. The summed E-state index contributed by atoms with van der Waals surface area (Å²) in [6.45, 7) is 4.05. The van der Waals surface area contributed by atoms with Crippen LogP contribution in [0.3, 0.4) is 0 Å². The van der Waals surface area contributed by atoms with Gasteiger partial charge in [-0.25, -0.2) is 13.4 Å². The lowest BCUT2D eigenvalue weighted by Crippen LogP contribution is -2.30. The van der Waals surface area contributed by atoms with Crippen LogP contribution in [-0.2, 0) is 10.0 Å². The molecule has 2 rings (SSSR count). The smallest absolute Gasteiger partial charge is 0.257 e. The Labute approximate surface area is 128 Å². The van der Waals surface area contributed by atoms with Crippen LogP contribution in [0.5, 0.6) is 5.88 Å². The van der Waals surface area contributed by atoms with Gasteiger partial charge < -0.3 is 10.5 Å². The van der Waals surface area contributed by atoms with E-state index in [0.717, 1.165) is 5.56 Å². The molecule has 0 amide bonds. The van der Waals surface area contributed by atoms with E-state index < -0.39 is 10.0 Å². The highest BCUT2D eigenvalue weighted by atomic mass is 32.2. The molecule has 4 N–H and O–H groups in total. The number of nitrogens with one attached hydrogen (secondary N) is 2. The van der Waals surface area contributed by atoms with Crippen molar-refractivity contribution in [3.8, 4) is 5.88 Å². The van der Waals surface area contributed by atoms with E-state index in [2.05, 4.69) is 20.2 Å². The third kappa shape index (κ3) is 3.62. The molecule has 0 saturated carbocycles. The number of aryl methyl sites for hydroxylation is 1. The van der Waals surface area contributed by atoms with Crippen LogP contribution in [0.25, 0.3) is 0 Å². The maximum absolute atomic E-state index is 12.1. The second-order valence-electron chi connectivity index (χ2n) is 4.42. The molecule has 0 radical (unpaired) electrons. The molecule has 0 bridgehead atoms. The van der Waals surface area contributed by atoms with Gasteiger partial charge in [0, 0.05) is 0 Å². The first-order valence-electron chi connectivity index (χ1n) is 6.52. The van der Waals surface area contributed by atoms with E-state index in [1.54, 1.807) is 19.1 Å². The quantitative estimate of drug-likeness (QED) is 0.680. The molecule has 1 aromatic carbocycles. The van der Waals surface area contributed by atoms with E-state index in [0.29, 0.717) is 6.61 Å². The minimum absolute atomic E-state index is 0.120. The molecular weight excluding hydrogens is 306 g/mol. The van der Waals surface area contributed by atoms with E-state index in [4.69, 9.17) is 10.5 Å². The molecule has 1 aromatic heterocycles. The van der Waals surface area contributed by atoms with Crippen LogP contribution in [0.2, 0.25) is 0 Å². The monoisotopic (exact) mass is 323 g/mol. The molecule has 118 valence electrons. The number of anilines is 2. The van der Waals surface area contributed by atoms with Gasteiger partial charge in [0.15, 0.2) is 5.82 Å². The SMILES string of the molecule is CCOc1ncnc(NNS(=O)(=O)c2ccc(C)cc2)c1N. The number of ether oxygens (including phenoxy) is 1. The molecule has 0 unspecified atom stereocenters. The normalized spacial score (nSPS) is 11.2. The Hall–Kier alpha value is -2.39. The van der Waals surface area contributed by atoms with Crippen LogP contribution < -0.4 is 20.7 Å². The standard InChI is InChI=1S/C13H17N5O3S/c1-3-21-13-11(14)12(15-8-16-13)17-18-22(19,20)10-6-4-9(2)5-7-10/h4-8,18H,3,14H2,1-2H3,(H,15,16,17). The first-order chi connectivity index (χ1) is 10.4. The Balaban J connectivity index is 2.15. The summed E-state index contributed by atoms with van der Waals surface area (Å²) in [7, 11) is -3.74. The van der Waals surface area contributed by atoms with Crippen molar-refractivity contribution in [2.75, 3.05) is 17.8 Å². The largest absolute Gasteiger partial charge is 0.476 e. The number of benzene rings is 1. The van der Waals surface area contributed by atoms with Crippen LogP contribution >= 0.6 is 0 Å². The third-order valence-electron chi connectivity index (χ3n) is 2.76. The zero-order valence-corrected chi connectivity index (χ0v) is 13.0. The molecule has 22 heavy (non-hydrogen) atoms. The van der Waals surface area contributed by atoms with Crippen molar-refractivity contribution < 1.29 is 13.2 Å². The molecule has 0 fully saturated rings. The topological polar surface area (TPSA) is 119 Å². The van der Waals surface area contributed by atoms with Gasteiger partial charge in [0.2, 0.25) is 5.88 Å². The van der Waals surface area contributed by atoms with Gasteiger partial charge in [0.05, 0.1) is 11.5 Å². The first-order valence-corrected chi connectivity index (χ1v) is 8.00. The highest BCUT2D eigenvalue weighted by Crippen LogP contribution is 2.24. The Morgan fingerprint density at radius 2 is 1.91 bits per heavy atom. The lowest BCUT2D eigenvalue weighted by Gasteiger charge is -2.12. The van der Waals surface area contributed by atoms with Crippen LogP contribution in [0.4, 0.5) is 11.5 Å². The third-order valence-corrected chi connectivity index (χ3v) is 4.03. The number of aromatic nitrogens is 2. The summed E-state index contributed by atoms with van der Waals surface area (Å²) < 4.78 is 29.5. The van der Waals surface area contributed by atoms with E-state index in [-0.39, 0.29) is 22.3 Å². The molecule has 0 aliphatic carbocycles. The van der Waals surface area contributed by atoms with Crippen molar-refractivity contribution in [3.63, 3.8) is 0 Å². The summed E-state index contributed by atoms with van der Waals surface area (Å²) in [5.41, 5.74) is 9.37. The van der Waals surface area contributed by atoms with Crippen molar-refractivity contribution in [1.29, 1.82) is 0 Å². The average Bonchev–Trinajstić information content (AvgIpc) is 2.49. The van der Waals surface area contributed by atoms with Gasteiger partial charge in [0.25, 0.3) is 10.0 Å². The molecule has 8 nitrogen and oxygen atoms in total. The van der Waals surface area contributed by atoms with Crippen molar-refractivity contribution in [2.45, 2.75) is 18.7 Å². The second kappa shape index (κ2) is 6.58. The van der Waals surface area contributed by atoms with Crippen LogP contribution in [0, 0.1) is 6.92 Å². The Morgan fingerprint density at radius 1 is 1.23 bits per heavy atom. The van der Waals surface area contributed by atoms with Crippen molar-refractivity contribution >= 4 is 21.5 Å². The summed E-state index contributed by atoms with van der Waals surface area (Å²) in [4.78, 5) is 10.1. The minimum Gasteiger partial charge on any atom is -0.476 e. The van der Waals surface area contributed by atoms with Gasteiger partial charge in [0.1, 0.15) is 12.0 Å². The van der Waals surface area contributed by atoms with E-state index in [1.165, 1.54) is 18.5 Å². The van der Waals surface area contributed by atoms with Gasteiger partial charge in [-0.05, 0) is 26.0 Å². The molecule has 0 aliphatic rings. The summed E-state index contributed by atoms with van der Waals surface area (Å²) in [5, 5.41) is 0. The number of nitrogens with two attached hydrogens (primary N) is 1. The highest BCUT2D eigenvalue weighted by Gasteiger charge is 2.15. The maximum Gasteiger partial charge on any atom is 0.257 e. The summed E-state index contributed by atoms with van der Waals surface area (Å²) in [6.07, 6.45) is 1.23. The van der Waals surface area contributed by atoms with E-state index in [9.17, 15) is 8.42 Å². The molecule has 0 saturated heterocycles. The number of hydrogen-bond donors (Lipinski definition) is 3. The number of hydrazine groups is 1. The zero-order chi connectivity index (χ0) is 16.2. The molecule has 0 aliphatic heterocycles. The van der Waals surface area contributed by atoms with Crippen LogP contribution in [0.15, 0.2) is 35.5 Å². The van der Waals surface area contributed by atoms with Crippen LogP contribution in [0.1, 0.15) is 12.5 Å². The molecule has 9 heteroatoms. The van der Waals surface area contributed by atoms with Crippen LogP contribution in [-0.4, -0.2) is 25.0 Å². The summed E-state index contributed by atoms with van der Waals surface area (Å²) >= 11 is 0. The Morgan fingerprint density at radius 3 is 2.55 bits per heavy atom. The summed E-state index contributed by atoms with van der Waals surface area (Å²) in [6, 6.07) is 6.43. The number of nitrogen functional groups attached to an aromatic ring is 1. The van der Waals surface area contributed by atoms with Gasteiger partial charge in [-0.15, -0.1) is 4.83 Å². The average molecular weight is 323 g/mol. The fourth-order valence-corrected chi connectivity index (χ4v) is 2.47. The maximum atomic E-state index is 12.1. The fourth-order valence-electron chi connectivity index (χ4n) is 1.62. The Bertz CT molecular complexity index is 747. The summed E-state index contributed by atoms with van der Waals surface area (Å²) in [5.74, 6) is 0.309. The minimum atomic E-state index is -3.74. The van der Waals surface area contributed by atoms with E-state index >= 15 is 0 Å². The van der Waals surface area contributed by atoms with Crippen molar-refractivity contribution in [1.82, 2.24) is 14.8 Å². The van der Waals surface area contributed by atoms with Gasteiger partial charge in [-0.3, -0.25) is 5.43 Å². The van der Waals surface area contributed by atoms with Gasteiger partial charge in [-0.2, -0.15) is 4.98 Å². The predicted octanol–water partition coefficient (Wildman–Crippen LogP) is 1.07. The molecule has 0 atom stereocenters. The molecule has 0 spiro atoms. The van der Waals surface area contributed by atoms with E-state index in [1.807, 2.05) is 6.92 Å². The molecule has 2 aromatic rings. The Kier molecular flexibility index (Phi) is 4.78. The molecular formula is C13H17N5O3S.